The normalized spacial score (nSPS) is 16.2. The van der Waals surface area contributed by atoms with Crippen LogP contribution in [0.4, 0.5) is 0 Å². The van der Waals surface area contributed by atoms with Gasteiger partial charge in [0.05, 0.1) is 5.71 Å². The Bertz CT molecular complexity index is 348. The molecule has 0 saturated heterocycles. The molecule has 0 aromatic rings. The Hall–Kier alpha value is -1.05. The fourth-order valence-electron chi connectivity index (χ4n) is 2.09. The predicted molar refractivity (Wildman–Crippen MR) is 87.9 cm³/mol. The fraction of sp³-hybridized carbons (Fsp3) is 0.706. The van der Waals surface area contributed by atoms with Gasteiger partial charge in [-0.2, -0.15) is 0 Å². The van der Waals surface area contributed by atoms with Crippen LogP contribution in [0.2, 0.25) is 0 Å². The zero-order valence-electron chi connectivity index (χ0n) is 13.9. The quantitative estimate of drug-likeness (QED) is 0.630. The highest BCUT2D eigenvalue weighted by Gasteiger charge is 2.11. The lowest BCUT2D eigenvalue weighted by Gasteiger charge is -2.16. The van der Waals surface area contributed by atoms with Gasteiger partial charge in [0.25, 0.3) is 0 Å². The predicted octanol–water partition coefficient (Wildman–Crippen LogP) is 4.73. The second kappa shape index (κ2) is 9.82. The average Bonchev–Trinajstić information content (AvgIpc) is 2.43. The van der Waals surface area contributed by atoms with Crippen LogP contribution in [-0.2, 0) is 0 Å². The second-order valence-corrected chi connectivity index (χ2v) is 5.26. The first-order valence-electron chi connectivity index (χ1n) is 7.53. The minimum atomic E-state index is 0.785. The lowest BCUT2D eigenvalue weighted by Crippen LogP contribution is -2.13. The zero-order valence-corrected chi connectivity index (χ0v) is 13.9. The SMILES string of the molecule is CC/C=C(\CCC(C)CC)C(=NC)/C(C)=C(\C)NC. The van der Waals surface area contributed by atoms with Gasteiger partial charge in [0.15, 0.2) is 0 Å². The third-order valence-electron chi connectivity index (χ3n) is 3.87. The van der Waals surface area contributed by atoms with E-state index in [2.05, 4.69) is 51.0 Å². The standard InChI is InChI=1S/C17H32N2/c1-8-10-16(12-11-13(3)9-2)17(19-7)14(4)15(5)18-6/h10,13,18H,8-9,11-12H2,1-7H3/b15-14+,16-10+,19-17?. The van der Waals surface area contributed by atoms with Crippen molar-refractivity contribution in [2.45, 2.75) is 60.3 Å². The van der Waals surface area contributed by atoms with Crippen LogP contribution < -0.4 is 5.32 Å². The summed E-state index contributed by atoms with van der Waals surface area (Å²) in [5.74, 6) is 0.785. The Balaban J connectivity index is 5.11. The fourth-order valence-corrected chi connectivity index (χ4v) is 2.09. The van der Waals surface area contributed by atoms with E-state index >= 15 is 0 Å². The number of aliphatic imine (C=N–C) groups is 1. The van der Waals surface area contributed by atoms with Crippen LogP contribution in [0.25, 0.3) is 0 Å². The highest BCUT2D eigenvalue weighted by Crippen LogP contribution is 2.20. The molecule has 110 valence electrons. The minimum Gasteiger partial charge on any atom is -0.391 e. The van der Waals surface area contributed by atoms with Crippen molar-refractivity contribution in [3.63, 3.8) is 0 Å². The molecular formula is C17H32N2. The molecule has 0 aromatic carbocycles. The van der Waals surface area contributed by atoms with Gasteiger partial charge in [-0.25, -0.2) is 0 Å². The van der Waals surface area contributed by atoms with Gasteiger partial charge in [-0.15, -0.1) is 0 Å². The van der Waals surface area contributed by atoms with E-state index in [-0.39, 0.29) is 0 Å². The van der Waals surface area contributed by atoms with Gasteiger partial charge in [-0.3, -0.25) is 4.99 Å². The van der Waals surface area contributed by atoms with E-state index in [1.165, 1.54) is 29.7 Å². The maximum Gasteiger partial charge on any atom is 0.0645 e. The van der Waals surface area contributed by atoms with E-state index in [4.69, 9.17) is 0 Å². The highest BCUT2D eigenvalue weighted by atomic mass is 14.8. The van der Waals surface area contributed by atoms with Gasteiger partial charge in [-0.1, -0.05) is 33.3 Å². The van der Waals surface area contributed by atoms with Crippen molar-refractivity contribution in [3.8, 4) is 0 Å². The first-order chi connectivity index (χ1) is 9.01. The summed E-state index contributed by atoms with van der Waals surface area (Å²) in [5, 5.41) is 3.22. The van der Waals surface area contributed by atoms with E-state index in [9.17, 15) is 0 Å². The third-order valence-corrected chi connectivity index (χ3v) is 3.87. The second-order valence-electron chi connectivity index (χ2n) is 5.26. The molecule has 0 aromatic heterocycles. The topological polar surface area (TPSA) is 24.4 Å². The molecule has 0 aliphatic heterocycles. The molecule has 0 spiro atoms. The molecule has 0 radical (unpaired) electrons. The van der Waals surface area contributed by atoms with Gasteiger partial charge < -0.3 is 5.32 Å². The number of hydrogen-bond donors (Lipinski definition) is 1. The Labute approximate surface area is 120 Å². The lowest BCUT2D eigenvalue weighted by atomic mass is 9.93. The molecule has 19 heavy (non-hydrogen) atoms. The molecule has 0 aliphatic rings. The first kappa shape index (κ1) is 17.9. The third kappa shape index (κ3) is 6.09. The van der Waals surface area contributed by atoms with Crippen LogP contribution in [0.3, 0.4) is 0 Å². The molecular weight excluding hydrogens is 232 g/mol. The summed E-state index contributed by atoms with van der Waals surface area (Å²) < 4.78 is 0. The van der Waals surface area contributed by atoms with Crippen LogP contribution in [-0.4, -0.2) is 19.8 Å². The van der Waals surface area contributed by atoms with E-state index in [0.29, 0.717) is 0 Å². The van der Waals surface area contributed by atoms with E-state index < -0.39 is 0 Å². The molecule has 0 amide bonds. The van der Waals surface area contributed by atoms with Crippen molar-refractivity contribution < 1.29 is 0 Å². The minimum absolute atomic E-state index is 0.785. The summed E-state index contributed by atoms with van der Waals surface area (Å²) >= 11 is 0. The molecule has 0 rings (SSSR count). The lowest BCUT2D eigenvalue weighted by molar-refractivity contribution is 0.518. The first-order valence-corrected chi connectivity index (χ1v) is 7.53. The molecule has 0 heterocycles. The average molecular weight is 264 g/mol. The number of nitrogens with zero attached hydrogens (tertiary/aromatic N) is 1. The maximum absolute atomic E-state index is 4.53. The van der Waals surface area contributed by atoms with Crippen molar-refractivity contribution in [1.29, 1.82) is 0 Å². The Morgan fingerprint density at radius 1 is 1.26 bits per heavy atom. The Kier molecular flexibility index (Phi) is 9.28. The number of allylic oxidation sites excluding steroid dienone is 4. The van der Waals surface area contributed by atoms with E-state index in [0.717, 1.165) is 24.5 Å². The van der Waals surface area contributed by atoms with Gasteiger partial charge in [-0.05, 0) is 50.2 Å². The Morgan fingerprint density at radius 2 is 1.89 bits per heavy atom. The van der Waals surface area contributed by atoms with Gasteiger partial charge >= 0.3 is 0 Å². The highest BCUT2D eigenvalue weighted by molar-refractivity contribution is 6.12. The molecule has 1 unspecified atom stereocenters. The summed E-state index contributed by atoms with van der Waals surface area (Å²) in [7, 11) is 3.86. The van der Waals surface area contributed by atoms with Crippen LogP contribution >= 0.6 is 0 Å². The van der Waals surface area contributed by atoms with Crippen LogP contribution in [0, 0.1) is 5.92 Å². The number of hydrogen-bond acceptors (Lipinski definition) is 2. The molecule has 1 N–H and O–H groups in total. The van der Waals surface area contributed by atoms with Crippen molar-refractivity contribution in [3.05, 3.63) is 22.9 Å². The van der Waals surface area contributed by atoms with Crippen molar-refractivity contribution >= 4 is 5.71 Å². The monoisotopic (exact) mass is 264 g/mol. The smallest absolute Gasteiger partial charge is 0.0645 e. The Morgan fingerprint density at radius 3 is 2.32 bits per heavy atom. The van der Waals surface area contributed by atoms with Crippen molar-refractivity contribution in [2.75, 3.05) is 14.1 Å². The summed E-state index contributed by atoms with van der Waals surface area (Å²) in [5.41, 5.74) is 5.02. The number of nitrogens with one attached hydrogen (secondary N) is 1. The largest absolute Gasteiger partial charge is 0.391 e. The molecule has 2 nitrogen and oxygen atoms in total. The summed E-state index contributed by atoms with van der Waals surface area (Å²) in [6, 6.07) is 0. The van der Waals surface area contributed by atoms with Crippen LogP contribution in [0.15, 0.2) is 27.9 Å². The molecule has 1 atom stereocenters. The van der Waals surface area contributed by atoms with Crippen molar-refractivity contribution in [2.24, 2.45) is 10.9 Å². The van der Waals surface area contributed by atoms with Crippen LogP contribution in [0.1, 0.15) is 60.3 Å². The molecule has 2 heteroatoms. The molecule has 0 aliphatic carbocycles. The summed E-state index contributed by atoms with van der Waals surface area (Å²) in [6.45, 7) is 11.0. The zero-order chi connectivity index (χ0) is 14.8. The van der Waals surface area contributed by atoms with Gasteiger partial charge in [0.2, 0.25) is 0 Å². The van der Waals surface area contributed by atoms with Crippen LogP contribution in [0.5, 0.6) is 0 Å². The van der Waals surface area contributed by atoms with Gasteiger partial charge in [0.1, 0.15) is 0 Å². The summed E-state index contributed by atoms with van der Waals surface area (Å²) in [6.07, 6.45) is 7.03. The van der Waals surface area contributed by atoms with Gasteiger partial charge in [0, 0.05) is 19.8 Å². The maximum atomic E-state index is 4.53. The van der Waals surface area contributed by atoms with E-state index in [1.807, 2.05) is 14.1 Å². The summed E-state index contributed by atoms with van der Waals surface area (Å²) in [4.78, 5) is 4.53. The number of rotatable bonds is 8. The molecule has 0 bridgehead atoms. The molecule has 0 saturated carbocycles. The molecule has 0 fully saturated rings. The van der Waals surface area contributed by atoms with Crippen molar-refractivity contribution in [1.82, 2.24) is 5.32 Å². The van der Waals surface area contributed by atoms with E-state index in [1.54, 1.807) is 0 Å².